The molecule has 0 saturated carbocycles. The minimum Gasteiger partial charge on any atom is -0.303 e. The Hall–Kier alpha value is -2.01. The summed E-state index contributed by atoms with van der Waals surface area (Å²) >= 11 is 1.37. The number of hydrazone groups is 1. The Morgan fingerprint density at radius 2 is 2.22 bits per heavy atom. The van der Waals surface area contributed by atoms with Crippen molar-refractivity contribution in [3.8, 4) is 0 Å². The molecule has 0 aliphatic carbocycles. The minimum absolute atomic E-state index is 0.0222. The molecule has 1 saturated heterocycles. The van der Waals surface area contributed by atoms with Gasteiger partial charge in [0.05, 0.1) is 5.75 Å². The first kappa shape index (κ1) is 12.4. The number of thioether (sulfide) groups is 1. The van der Waals surface area contributed by atoms with E-state index in [1.54, 1.807) is 0 Å². The van der Waals surface area contributed by atoms with Gasteiger partial charge in [-0.3, -0.25) is 10.2 Å². The number of carbonyl (C=O) groups excluding carboxylic acids is 1. The Kier molecular flexibility index (Phi) is 4.20. The zero-order chi connectivity index (χ0) is 12.8. The Morgan fingerprint density at radius 3 is 2.89 bits per heavy atom. The lowest BCUT2D eigenvalue weighted by Crippen LogP contribution is -2.22. The molecule has 0 bridgehead atoms. The Labute approximate surface area is 110 Å². The first-order valence-corrected chi connectivity index (χ1v) is 6.41. The van der Waals surface area contributed by atoms with Crippen LogP contribution in [0.3, 0.4) is 0 Å². The number of nitrogens with one attached hydrogen (secondary N) is 2. The van der Waals surface area contributed by atoms with E-state index in [-0.39, 0.29) is 5.91 Å². The van der Waals surface area contributed by atoms with Crippen molar-refractivity contribution in [2.24, 2.45) is 5.10 Å². The standard InChI is InChI=1S/C13H13N3OS/c1-10(7-8-11-5-3-2-4-6-11)15-16-13-14-12(17)9-18-13/h2-8,15H,1,9H2,(H,14,16,17). The van der Waals surface area contributed by atoms with Gasteiger partial charge >= 0.3 is 0 Å². The maximum Gasteiger partial charge on any atom is 0.236 e. The number of benzene rings is 1. The van der Waals surface area contributed by atoms with Gasteiger partial charge in [-0.25, -0.2) is 0 Å². The van der Waals surface area contributed by atoms with Crippen LogP contribution in [-0.2, 0) is 4.79 Å². The van der Waals surface area contributed by atoms with E-state index in [1.165, 1.54) is 11.8 Å². The first-order chi connectivity index (χ1) is 8.74. The molecule has 0 aromatic heterocycles. The zero-order valence-corrected chi connectivity index (χ0v) is 10.5. The summed E-state index contributed by atoms with van der Waals surface area (Å²) in [6.07, 6.45) is 3.77. The van der Waals surface area contributed by atoms with Gasteiger partial charge in [0.1, 0.15) is 0 Å². The zero-order valence-electron chi connectivity index (χ0n) is 9.72. The molecule has 1 aliphatic heterocycles. The van der Waals surface area contributed by atoms with Crippen molar-refractivity contribution in [2.75, 3.05) is 5.75 Å². The van der Waals surface area contributed by atoms with Crippen molar-refractivity contribution in [3.05, 3.63) is 54.2 Å². The number of hydrogen-bond donors (Lipinski definition) is 2. The second kappa shape index (κ2) is 6.07. The number of hydrogen-bond acceptors (Lipinski definition) is 4. The largest absolute Gasteiger partial charge is 0.303 e. The van der Waals surface area contributed by atoms with Gasteiger partial charge in [-0.15, -0.1) is 5.10 Å². The highest BCUT2D eigenvalue weighted by Crippen LogP contribution is 2.08. The van der Waals surface area contributed by atoms with Gasteiger partial charge < -0.3 is 5.32 Å². The van der Waals surface area contributed by atoms with E-state index in [0.717, 1.165) is 5.56 Å². The third-order valence-electron chi connectivity index (χ3n) is 2.16. The monoisotopic (exact) mass is 259 g/mol. The van der Waals surface area contributed by atoms with Gasteiger partial charge in [0.15, 0.2) is 5.17 Å². The minimum atomic E-state index is -0.0222. The lowest BCUT2D eigenvalue weighted by molar-refractivity contribution is -0.116. The van der Waals surface area contributed by atoms with Crippen LogP contribution in [0, 0.1) is 0 Å². The summed E-state index contributed by atoms with van der Waals surface area (Å²) < 4.78 is 0. The van der Waals surface area contributed by atoms with Gasteiger partial charge in [-0.2, -0.15) is 0 Å². The van der Waals surface area contributed by atoms with Crippen LogP contribution in [0.25, 0.3) is 6.08 Å². The highest BCUT2D eigenvalue weighted by molar-refractivity contribution is 8.15. The Balaban J connectivity index is 1.86. The van der Waals surface area contributed by atoms with E-state index >= 15 is 0 Å². The molecule has 0 radical (unpaired) electrons. The SMILES string of the molecule is C=C(C=Cc1ccccc1)NN=C1NC(=O)CS1. The molecule has 2 rings (SSSR count). The van der Waals surface area contributed by atoms with Crippen LogP contribution in [0.15, 0.2) is 53.8 Å². The molecule has 1 aromatic rings. The number of amides is 1. The maximum absolute atomic E-state index is 10.9. The molecule has 0 spiro atoms. The van der Waals surface area contributed by atoms with Crippen molar-refractivity contribution in [2.45, 2.75) is 0 Å². The molecule has 18 heavy (non-hydrogen) atoms. The molecule has 1 aromatic carbocycles. The quantitative estimate of drug-likeness (QED) is 0.642. The van der Waals surface area contributed by atoms with Crippen LogP contribution in [-0.4, -0.2) is 16.8 Å². The van der Waals surface area contributed by atoms with Crippen LogP contribution in [0.1, 0.15) is 5.56 Å². The van der Waals surface area contributed by atoms with Gasteiger partial charge in [0, 0.05) is 5.70 Å². The molecule has 5 heteroatoms. The number of rotatable bonds is 4. The molecular weight excluding hydrogens is 246 g/mol. The predicted octanol–water partition coefficient (Wildman–Crippen LogP) is 1.94. The van der Waals surface area contributed by atoms with Gasteiger partial charge in [0.25, 0.3) is 0 Å². The lowest BCUT2D eigenvalue weighted by atomic mass is 10.2. The Morgan fingerprint density at radius 1 is 1.44 bits per heavy atom. The molecule has 1 amide bonds. The topological polar surface area (TPSA) is 53.5 Å². The van der Waals surface area contributed by atoms with Crippen molar-refractivity contribution in [3.63, 3.8) is 0 Å². The van der Waals surface area contributed by atoms with Crippen molar-refractivity contribution in [1.82, 2.24) is 10.7 Å². The predicted molar refractivity (Wildman–Crippen MR) is 75.8 cm³/mol. The summed E-state index contributed by atoms with van der Waals surface area (Å²) in [4.78, 5) is 10.9. The van der Waals surface area contributed by atoms with E-state index in [1.807, 2.05) is 42.5 Å². The fraction of sp³-hybridized carbons (Fsp3) is 0.0769. The van der Waals surface area contributed by atoms with E-state index in [2.05, 4.69) is 22.4 Å². The second-order valence-electron chi connectivity index (χ2n) is 3.63. The summed E-state index contributed by atoms with van der Waals surface area (Å²) in [6, 6.07) is 9.92. The van der Waals surface area contributed by atoms with E-state index in [9.17, 15) is 4.79 Å². The normalized spacial score (nSPS) is 17.1. The smallest absolute Gasteiger partial charge is 0.236 e. The van der Waals surface area contributed by atoms with Gasteiger partial charge in [0.2, 0.25) is 5.91 Å². The van der Waals surface area contributed by atoms with E-state index in [4.69, 9.17) is 0 Å². The summed E-state index contributed by atoms with van der Waals surface area (Å²) in [5.41, 5.74) is 4.54. The van der Waals surface area contributed by atoms with E-state index < -0.39 is 0 Å². The molecule has 0 atom stereocenters. The second-order valence-corrected chi connectivity index (χ2v) is 4.60. The van der Waals surface area contributed by atoms with Crippen LogP contribution in [0.2, 0.25) is 0 Å². The molecule has 2 N–H and O–H groups in total. The van der Waals surface area contributed by atoms with Crippen molar-refractivity contribution < 1.29 is 4.79 Å². The average molecular weight is 259 g/mol. The summed E-state index contributed by atoms with van der Waals surface area (Å²) in [5.74, 6) is 0.401. The number of nitrogens with zero attached hydrogens (tertiary/aromatic N) is 1. The van der Waals surface area contributed by atoms with Crippen LogP contribution >= 0.6 is 11.8 Å². The number of carbonyl (C=O) groups is 1. The van der Waals surface area contributed by atoms with Gasteiger partial charge in [-0.05, 0) is 11.6 Å². The fourth-order valence-corrected chi connectivity index (χ4v) is 1.94. The van der Waals surface area contributed by atoms with Crippen LogP contribution in [0.4, 0.5) is 0 Å². The van der Waals surface area contributed by atoms with E-state index in [0.29, 0.717) is 16.6 Å². The molecule has 0 unspecified atom stereocenters. The summed E-state index contributed by atoms with van der Waals surface area (Å²) in [5, 5.41) is 7.24. The fourth-order valence-electron chi connectivity index (χ4n) is 1.31. The summed E-state index contributed by atoms with van der Waals surface area (Å²) in [6.45, 7) is 3.82. The summed E-state index contributed by atoms with van der Waals surface area (Å²) in [7, 11) is 0. The van der Waals surface area contributed by atoms with Crippen molar-refractivity contribution in [1.29, 1.82) is 0 Å². The van der Waals surface area contributed by atoms with Crippen LogP contribution < -0.4 is 10.7 Å². The number of allylic oxidation sites excluding steroid dienone is 1. The van der Waals surface area contributed by atoms with Crippen LogP contribution in [0.5, 0.6) is 0 Å². The molecule has 4 nitrogen and oxygen atoms in total. The first-order valence-electron chi connectivity index (χ1n) is 5.42. The average Bonchev–Trinajstić information content (AvgIpc) is 2.81. The molecule has 1 heterocycles. The molecule has 1 aliphatic rings. The Bertz CT molecular complexity index is 508. The maximum atomic E-state index is 10.9. The van der Waals surface area contributed by atoms with Crippen molar-refractivity contribution >= 4 is 28.9 Å². The molecular formula is C13H13N3OS. The third kappa shape index (κ3) is 3.78. The molecule has 1 fully saturated rings. The highest BCUT2D eigenvalue weighted by Gasteiger charge is 2.15. The number of amidine groups is 1. The highest BCUT2D eigenvalue weighted by atomic mass is 32.2. The molecule has 92 valence electrons. The van der Waals surface area contributed by atoms with Gasteiger partial charge in [-0.1, -0.05) is 54.7 Å². The lowest BCUT2D eigenvalue weighted by Gasteiger charge is -2.00. The third-order valence-corrected chi connectivity index (χ3v) is 3.04.